The molecule has 68 valence electrons. The van der Waals surface area contributed by atoms with Gasteiger partial charge in [-0.2, -0.15) is 0 Å². The summed E-state index contributed by atoms with van der Waals surface area (Å²) in [5.41, 5.74) is 0.651. The third-order valence-corrected chi connectivity index (χ3v) is 1.88. The summed E-state index contributed by atoms with van der Waals surface area (Å²) in [7, 11) is 0. The fraction of sp³-hybridized carbons (Fsp3) is 0.273. The molecule has 1 rings (SSSR count). The van der Waals surface area contributed by atoms with Crippen LogP contribution in [-0.2, 0) is 0 Å². The zero-order valence-corrected chi connectivity index (χ0v) is 7.55. The maximum Gasteiger partial charge on any atom is 0.127 e. The van der Waals surface area contributed by atoms with Crippen LogP contribution in [0.5, 0.6) is 0 Å². The minimum Gasteiger partial charge on any atom is -0.299 e. The topological polar surface area (TPSA) is 12.0 Å². The van der Waals surface area contributed by atoms with E-state index in [9.17, 15) is 4.39 Å². The lowest BCUT2D eigenvalue weighted by atomic mass is 10.1. The molecule has 0 saturated carbocycles. The second-order valence-corrected chi connectivity index (χ2v) is 2.83. The fourth-order valence-corrected chi connectivity index (χ4v) is 1.15. The molecule has 1 aromatic rings. The maximum atomic E-state index is 13.2. The van der Waals surface area contributed by atoms with Gasteiger partial charge in [-0.05, 0) is 13.0 Å². The largest absolute Gasteiger partial charge is 0.299 e. The molecule has 0 amide bonds. The molecule has 0 heterocycles. The van der Waals surface area contributed by atoms with E-state index in [1.54, 1.807) is 12.1 Å². The lowest BCUT2D eigenvalue weighted by Crippen LogP contribution is -2.19. The zero-order chi connectivity index (χ0) is 9.68. The number of halogens is 1. The van der Waals surface area contributed by atoms with Crippen molar-refractivity contribution in [2.45, 2.75) is 13.0 Å². The lowest BCUT2D eigenvalue weighted by Gasteiger charge is -2.12. The first-order chi connectivity index (χ1) is 6.25. The van der Waals surface area contributed by atoms with Crippen molar-refractivity contribution in [3.05, 3.63) is 35.6 Å². The average molecular weight is 177 g/mol. The normalized spacial score (nSPS) is 12.1. The van der Waals surface area contributed by atoms with Crippen LogP contribution in [0.25, 0.3) is 0 Å². The van der Waals surface area contributed by atoms with Crippen molar-refractivity contribution in [2.75, 3.05) is 6.54 Å². The van der Waals surface area contributed by atoms with Crippen molar-refractivity contribution < 1.29 is 4.39 Å². The molecular formula is C11H12FN. The van der Waals surface area contributed by atoms with Crippen molar-refractivity contribution >= 4 is 0 Å². The molecule has 0 aliphatic carbocycles. The molecule has 1 aromatic carbocycles. The second kappa shape index (κ2) is 4.64. The van der Waals surface area contributed by atoms with Crippen LogP contribution in [0.3, 0.4) is 0 Å². The van der Waals surface area contributed by atoms with Gasteiger partial charge in [0.1, 0.15) is 5.82 Å². The smallest absolute Gasteiger partial charge is 0.127 e. The van der Waals surface area contributed by atoms with E-state index in [1.807, 2.05) is 13.0 Å². The lowest BCUT2D eigenvalue weighted by molar-refractivity contribution is 0.551. The van der Waals surface area contributed by atoms with Crippen molar-refractivity contribution in [3.63, 3.8) is 0 Å². The van der Waals surface area contributed by atoms with E-state index in [-0.39, 0.29) is 11.9 Å². The number of nitrogens with one attached hydrogen (secondary N) is 1. The summed E-state index contributed by atoms with van der Waals surface area (Å²) in [6.45, 7) is 2.34. The third-order valence-electron chi connectivity index (χ3n) is 1.88. The molecule has 0 aromatic heterocycles. The third kappa shape index (κ3) is 2.57. The van der Waals surface area contributed by atoms with E-state index < -0.39 is 0 Å². The summed E-state index contributed by atoms with van der Waals surface area (Å²) in [4.78, 5) is 0. The molecule has 13 heavy (non-hydrogen) atoms. The predicted octanol–water partition coefficient (Wildman–Crippen LogP) is 2.11. The van der Waals surface area contributed by atoms with Gasteiger partial charge in [0, 0.05) is 11.6 Å². The van der Waals surface area contributed by atoms with Gasteiger partial charge < -0.3 is 0 Å². The number of terminal acetylenes is 1. The Labute approximate surface area is 78.0 Å². The van der Waals surface area contributed by atoms with Gasteiger partial charge in [0.05, 0.1) is 6.54 Å². The molecule has 1 N–H and O–H groups in total. The minimum absolute atomic E-state index is 0.0442. The van der Waals surface area contributed by atoms with Crippen molar-refractivity contribution in [1.82, 2.24) is 5.32 Å². The number of rotatable bonds is 3. The molecule has 0 aliphatic heterocycles. The number of benzene rings is 1. The van der Waals surface area contributed by atoms with E-state index in [0.717, 1.165) is 0 Å². The SMILES string of the molecule is C#CCNC(C)c1ccccc1F. The Bertz CT molecular complexity index is 314. The summed E-state index contributed by atoms with van der Waals surface area (Å²) >= 11 is 0. The van der Waals surface area contributed by atoms with E-state index in [4.69, 9.17) is 6.42 Å². The van der Waals surface area contributed by atoms with E-state index in [2.05, 4.69) is 11.2 Å². The monoisotopic (exact) mass is 177 g/mol. The first-order valence-electron chi connectivity index (χ1n) is 4.17. The molecule has 2 heteroatoms. The average Bonchev–Trinajstić information content (AvgIpc) is 2.15. The van der Waals surface area contributed by atoms with Crippen LogP contribution in [0.2, 0.25) is 0 Å². The van der Waals surface area contributed by atoms with Gasteiger partial charge >= 0.3 is 0 Å². The van der Waals surface area contributed by atoms with Gasteiger partial charge in [-0.3, -0.25) is 5.32 Å². The van der Waals surface area contributed by atoms with Gasteiger partial charge in [-0.25, -0.2) is 4.39 Å². The molecule has 0 aliphatic rings. The number of hydrogen-bond acceptors (Lipinski definition) is 1. The molecule has 0 spiro atoms. The van der Waals surface area contributed by atoms with Crippen LogP contribution < -0.4 is 5.32 Å². The molecular weight excluding hydrogens is 165 g/mol. The van der Waals surface area contributed by atoms with Gasteiger partial charge in [0.15, 0.2) is 0 Å². The summed E-state index contributed by atoms with van der Waals surface area (Å²) in [5.74, 6) is 2.26. The predicted molar refractivity (Wildman–Crippen MR) is 51.7 cm³/mol. The van der Waals surface area contributed by atoms with Crippen LogP contribution in [0.1, 0.15) is 18.5 Å². The molecule has 0 bridgehead atoms. The van der Waals surface area contributed by atoms with Crippen LogP contribution in [0, 0.1) is 18.2 Å². The van der Waals surface area contributed by atoms with Gasteiger partial charge in [-0.1, -0.05) is 24.1 Å². The molecule has 0 fully saturated rings. The summed E-state index contributed by atoms with van der Waals surface area (Å²) in [6.07, 6.45) is 5.09. The fourth-order valence-electron chi connectivity index (χ4n) is 1.15. The first-order valence-corrected chi connectivity index (χ1v) is 4.17. The summed E-state index contributed by atoms with van der Waals surface area (Å²) < 4.78 is 13.2. The standard InChI is InChI=1S/C11H12FN/c1-3-8-13-9(2)10-6-4-5-7-11(10)12/h1,4-7,9,13H,8H2,2H3. The highest BCUT2D eigenvalue weighted by Gasteiger charge is 2.07. The number of hydrogen-bond donors (Lipinski definition) is 1. The summed E-state index contributed by atoms with van der Waals surface area (Å²) in [5, 5.41) is 3.01. The highest BCUT2D eigenvalue weighted by molar-refractivity contribution is 5.20. The Hall–Kier alpha value is -1.33. The molecule has 1 nitrogen and oxygen atoms in total. The van der Waals surface area contributed by atoms with Gasteiger partial charge in [-0.15, -0.1) is 6.42 Å². The Morgan fingerprint density at radius 3 is 2.85 bits per heavy atom. The molecule has 1 atom stereocenters. The summed E-state index contributed by atoms with van der Waals surface area (Å²) in [6, 6.07) is 6.64. The Balaban J connectivity index is 2.72. The highest BCUT2D eigenvalue weighted by atomic mass is 19.1. The van der Waals surface area contributed by atoms with Crippen LogP contribution >= 0.6 is 0 Å². The maximum absolute atomic E-state index is 13.2. The Morgan fingerprint density at radius 2 is 2.23 bits per heavy atom. The molecule has 0 saturated heterocycles. The molecule has 1 unspecified atom stereocenters. The van der Waals surface area contributed by atoms with Crippen LogP contribution in [0.15, 0.2) is 24.3 Å². The first kappa shape index (κ1) is 9.76. The van der Waals surface area contributed by atoms with Crippen molar-refractivity contribution in [2.24, 2.45) is 0 Å². The van der Waals surface area contributed by atoms with Gasteiger partial charge in [0.25, 0.3) is 0 Å². The quantitative estimate of drug-likeness (QED) is 0.697. The zero-order valence-electron chi connectivity index (χ0n) is 7.55. The van der Waals surface area contributed by atoms with Gasteiger partial charge in [0.2, 0.25) is 0 Å². The van der Waals surface area contributed by atoms with Crippen LogP contribution in [-0.4, -0.2) is 6.54 Å². The van der Waals surface area contributed by atoms with Crippen LogP contribution in [0.4, 0.5) is 4.39 Å². The van der Waals surface area contributed by atoms with E-state index >= 15 is 0 Å². The molecule has 0 radical (unpaired) electrons. The van der Waals surface area contributed by atoms with Crippen molar-refractivity contribution in [3.8, 4) is 12.3 Å². The minimum atomic E-state index is -0.195. The van der Waals surface area contributed by atoms with Crippen molar-refractivity contribution in [1.29, 1.82) is 0 Å². The van der Waals surface area contributed by atoms with E-state index in [0.29, 0.717) is 12.1 Å². The van der Waals surface area contributed by atoms with E-state index in [1.165, 1.54) is 6.07 Å². The highest BCUT2D eigenvalue weighted by Crippen LogP contribution is 2.15. The Kier molecular flexibility index (Phi) is 3.48. The Morgan fingerprint density at radius 1 is 1.54 bits per heavy atom. The second-order valence-electron chi connectivity index (χ2n) is 2.83.